The number of guanidine groups is 1. The summed E-state index contributed by atoms with van der Waals surface area (Å²) in [5.74, 6) is 3.40. The first-order chi connectivity index (χ1) is 10.7. The summed E-state index contributed by atoms with van der Waals surface area (Å²) < 4.78 is 5.59. The van der Waals surface area contributed by atoms with E-state index in [9.17, 15) is 0 Å². The number of aryl methyl sites for hydroxylation is 1. The standard InChI is InChI=1S/C15H25N5OS.HI/c1-12-18-13(21-19-12)10-17-14(16-2)20-8-9-22-15(11-20)6-4-3-5-7-15;/h3-11H2,1-2H3,(H,16,17);1H. The van der Waals surface area contributed by atoms with E-state index < -0.39 is 0 Å². The summed E-state index contributed by atoms with van der Waals surface area (Å²) in [5, 5.41) is 7.18. The zero-order valence-corrected chi connectivity index (χ0v) is 17.0. The molecule has 1 aliphatic carbocycles. The smallest absolute Gasteiger partial charge is 0.246 e. The number of aliphatic imine (C=N–C) groups is 1. The lowest BCUT2D eigenvalue weighted by Crippen LogP contribution is -2.53. The molecule has 0 atom stereocenters. The van der Waals surface area contributed by atoms with E-state index in [1.165, 1.54) is 37.9 Å². The minimum absolute atomic E-state index is 0. The van der Waals surface area contributed by atoms with Crippen LogP contribution in [0.2, 0.25) is 0 Å². The summed E-state index contributed by atoms with van der Waals surface area (Å²) in [7, 11) is 1.84. The third kappa shape index (κ3) is 4.74. The Morgan fingerprint density at radius 1 is 1.39 bits per heavy atom. The van der Waals surface area contributed by atoms with Crippen molar-refractivity contribution in [2.45, 2.75) is 50.3 Å². The van der Waals surface area contributed by atoms with E-state index in [2.05, 4.69) is 37.1 Å². The maximum Gasteiger partial charge on any atom is 0.246 e. The van der Waals surface area contributed by atoms with Crippen LogP contribution in [0.1, 0.15) is 43.8 Å². The zero-order chi connectivity index (χ0) is 15.4. The lowest BCUT2D eigenvalue weighted by Gasteiger charge is -2.45. The molecular formula is C15H26IN5OS. The van der Waals surface area contributed by atoms with Gasteiger partial charge in [-0.05, 0) is 19.8 Å². The molecule has 8 heteroatoms. The van der Waals surface area contributed by atoms with Gasteiger partial charge in [0.2, 0.25) is 5.89 Å². The first-order valence-electron chi connectivity index (χ1n) is 8.09. The Labute approximate surface area is 159 Å². The van der Waals surface area contributed by atoms with Gasteiger partial charge in [-0.1, -0.05) is 24.4 Å². The van der Waals surface area contributed by atoms with Gasteiger partial charge in [0.05, 0.1) is 6.54 Å². The first kappa shape index (κ1) is 18.8. The number of aromatic nitrogens is 2. The van der Waals surface area contributed by atoms with Crippen molar-refractivity contribution in [2.75, 3.05) is 25.9 Å². The second-order valence-corrected chi connectivity index (χ2v) is 7.71. The fourth-order valence-corrected chi connectivity index (χ4v) is 4.99. The summed E-state index contributed by atoms with van der Waals surface area (Å²) in [4.78, 5) is 11.1. The fourth-order valence-electron chi connectivity index (χ4n) is 3.42. The van der Waals surface area contributed by atoms with Gasteiger partial charge >= 0.3 is 0 Å². The van der Waals surface area contributed by atoms with Crippen LogP contribution in [0.3, 0.4) is 0 Å². The van der Waals surface area contributed by atoms with Crippen LogP contribution in [-0.2, 0) is 6.54 Å². The molecule has 130 valence electrons. The Morgan fingerprint density at radius 3 is 2.83 bits per heavy atom. The van der Waals surface area contributed by atoms with Crippen molar-refractivity contribution < 1.29 is 4.52 Å². The molecule has 1 aromatic heterocycles. The van der Waals surface area contributed by atoms with Gasteiger partial charge in [-0.2, -0.15) is 16.7 Å². The highest BCUT2D eigenvalue weighted by molar-refractivity contribution is 14.0. The number of hydrogen-bond donors (Lipinski definition) is 1. The number of thioether (sulfide) groups is 1. The molecule has 2 heterocycles. The van der Waals surface area contributed by atoms with Crippen LogP contribution in [-0.4, -0.2) is 51.6 Å². The average molecular weight is 451 g/mol. The Bertz CT molecular complexity index is 524. The van der Waals surface area contributed by atoms with Crippen molar-refractivity contribution >= 4 is 41.7 Å². The van der Waals surface area contributed by atoms with E-state index in [4.69, 9.17) is 4.52 Å². The van der Waals surface area contributed by atoms with E-state index in [1.54, 1.807) is 0 Å². The van der Waals surface area contributed by atoms with E-state index in [1.807, 2.05) is 14.0 Å². The van der Waals surface area contributed by atoms with Gasteiger partial charge in [-0.15, -0.1) is 24.0 Å². The van der Waals surface area contributed by atoms with Crippen molar-refractivity contribution in [1.29, 1.82) is 0 Å². The molecule has 0 bridgehead atoms. The summed E-state index contributed by atoms with van der Waals surface area (Å²) in [6.07, 6.45) is 6.82. The summed E-state index contributed by atoms with van der Waals surface area (Å²) >= 11 is 2.17. The van der Waals surface area contributed by atoms with Gasteiger partial charge in [0, 0.05) is 30.6 Å². The predicted octanol–water partition coefficient (Wildman–Crippen LogP) is 2.82. The molecule has 1 spiro atoms. The predicted molar refractivity (Wildman–Crippen MR) is 104 cm³/mol. The normalized spacial score (nSPS) is 21.1. The van der Waals surface area contributed by atoms with E-state index in [0.717, 1.165) is 19.0 Å². The van der Waals surface area contributed by atoms with Gasteiger partial charge < -0.3 is 14.7 Å². The maximum atomic E-state index is 5.16. The quantitative estimate of drug-likeness (QED) is 0.424. The van der Waals surface area contributed by atoms with Crippen LogP contribution in [0, 0.1) is 6.92 Å². The number of halogens is 1. The molecule has 0 radical (unpaired) electrons. The molecule has 0 unspecified atom stereocenters. The van der Waals surface area contributed by atoms with Crippen molar-refractivity contribution in [3.05, 3.63) is 11.7 Å². The second-order valence-electron chi connectivity index (χ2n) is 6.15. The monoisotopic (exact) mass is 451 g/mol. The van der Waals surface area contributed by atoms with Crippen molar-refractivity contribution in [1.82, 2.24) is 20.4 Å². The SMILES string of the molecule is CN=C(NCc1nc(C)no1)N1CCSC2(CCCCC2)C1.I. The molecule has 1 N–H and O–H groups in total. The molecule has 0 aromatic carbocycles. The molecule has 1 aromatic rings. The fraction of sp³-hybridized carbons (Fsp3) is 0.800. The molecule has 0 amide bonds. The van der Waals surface area contributed by atoms with Gasteiger partial charge in [0.25, 0.3) is 0 Å². The Hall–Kier alpha value is -0.510. The van der Waals surface area contributed by atoms with Gasteiger partial charge in [-0.3, -0.25) is 4.99 Å². The van der Waals surface area contributed by atoms with E-state index in [0.29, 0.717) is 23.0 Å². The second kappa shape index (κ2) is 8.55. The summed E-state index contributed by atoms with van der Waals surface area (Å²) in [6, 6.07) is 0. The molecule has 1 aliphatic heterocycles. The third-order valence-corrected chi connectivity index (χ3v) is 6.03. The minimum atomic E-state index is 0. The topological polar surface area (TPSA) is 66.5 Å². The van der Waals surface area contributed by atoms with Crippen LogP contribution < -0.4 is 5.32 Å². The molecule has 2 fully saturated rings. The van der Waals surface area contributed by atoms with Gasteiger partial charge in [-0.25, -0.2) is 0 Å². The minimum Gasteiger partial charge on any atom is -0.347 e. The molecule has 6 nitrogen and oxygen atoms in total. The number of rotatable bonds is 2. The highest BCUT2D eigenvalue weighted by atomic mass is 127. The lowest BCUT2D eigenvalue weighted by molar-refractivity contribution is 0.291. The van der Waals surface area contributed by atoms with Crippen molar-refractivity contribution in [2.24, 2.45) is 4.99 Å². The first-order valence-corrected chi connectivity index (χ1v) is 9.08. The lowest BCUT2D eigenvalue weighted by atomic mass is 9.87. The highest BCUT2D eigenvalue weighted by Crippen LogP contribution is 2.42. The average Bonchev–Trinajstić information content (AvgIpc) is 2.94. The Kier molecular flexibility index (Phi) is 7.00. The molecular weight excluding hydrogens is 425 g/mol. The summed E-state index contributed by atoms with van der Waals surface area (Å²) in [5.41, 5.74) is 0. The molecule has 23 heavy (non-hydrogen) atoms. The van der Waals surface area contributed by atoms with Crippen LogP contribution >= 0.6 is 35.7 Å². The Morgan fingerprint density at radius 2 is 2.17 bits per heavy atom. The number of hydrogen-bond acceptors (Lipinski definition) is 5. The van der Waals surface area contributed by atoms with Crippen molar-refractivity contribution in [3.8, 4) is 0 Å². The zero-order valence-electron chi connectivity index (χ0n) is 13.9. The van der Waals surface area contributed by atoms with E-state index in [-0.39, 0.29) is 24.0 Å². The summed E-state index contributed by atoms with van der Waals surface area (Å²) in [6.45, 7) is 4.51. The van der Waals surface area contributed by atoms with Crippen molar-refractivity contribution in [3.63, 3.8) is 0 Å². The third-order valence-electron chi connectivity index (χ3n) is 4.49. The molecule has 3 rings (SSSR count). The van der Waals surface area contributed by atoms with Crippen LogP contribution in [0.4, 0.5) is 0 Å². The molecule has 1 saturated carbocycles. The van der Waals surface area contributed by atoms with Crippen LogP contribution in [0.25, 0.3) is 0 Å². The maximum absolute atomic E-state index is 5.16. The number of nitrogens with one attached hydrogen (secondary N) is 1. The van der Waals surface area contributed by atoms with Gasteiger partial charge in [0.1, 0.15) is 0 Å². The highest BCUT2D eigenvalue weighted by Gasteiger charge is 2.38. The largest absolute Gasteiger partial charge is 0.347 e. The van der Waals surface area contributed by atoms with Gasteiger partial charge in [0.15, 0.2) is 11.8 Å². The molecule has 1 saturated heterocycles. The number of nitrogens with zero attached hydrogens (tertiary/aromatic N) is 4. The molecule has 2 aliphatic rings. The van der Waals surface area contributed by atoms with Crippen LogP contribution in [0.5, 0.6) is 0 Å². The van der Waals surface area contributed by atoms with Crippen LogP contribution in [0.15, 0.2) is 9.52 Å². The Balaban J connectivity index is 0.00000192. The van der Waals surface area contributed by atoms with E-state index >= 15 is 0 Å².